The molecule has 1 atom stereocenters. The minimum Gasteiger partial charge on any atom is -0.358 e. The molecule has 110 valence electrons. The Morgan fingerprint density at radius 2 is 1.81 bits per heavy atom. The van der Waals surface area contributed by atoms with E-state index in [1.807, 2.05) is 42.5 Å². The molecule has 2 rings (SSSR count). The van der Waals surface area contributed by atoms with Gasteiger partial charge in [0.1, 0.15) is 0 Å². The number of nitrogens with one attached hydrogen (secondary N) is 3. The number of hydrogen-bond donors (Lipinski definition) is 3. The molecule has 0 aliphatic rings. The van der Waals surface area contributed by atoms with E-state index < -0.39 is 6.04 Å². The summed E-state index contributed by atoms with van der Waals surface area (Å²) in [5.41, 5.74) is 0.770. The van der Waals surface area contributed by atoms with Gasteiger partial charge in [0.2, 0.25) is 11.8 Å². The van der Waals surface area contributed by atoms with Crippen molar-refractivity contribution in [3.63, 3.8) is 0 Å². The Balaban J connectivity index is 2.06. The van der Waals surface area contributed by atoms with E-state index in [9.17, 15) is 9.59 Å². The van der Waals surface area contributed by atoms with Gasteiger partial charge in [0.15, 0.2) is 0 Å². The van der Waals surface area contributed by atoms with Gasteiger partial charge < -0.3 is 10.6 Å². The SMILES string of the molecule is CNC(=O)CN[C@H](C)C(=O)Nc1cccc2ccccc12. The Labute approximate surface area is 123 Å². The van der Waals surface area contributed by atoms with Crippen LogP contribution in [0, 0.1) is 0 Å². The van der Waals surface area contributed by atoms with Crippen molar-refractivity contribution >= 4 is 28.3 Å². The lowest BCUT2D eigenvalue weighted by Crippen LogP contribution is -2.42. The van der Waals surface area contributed by atoms with Crippen LogP contribution in [0.5, 0.6) is 0 Å². The Bertz CT molecular complexity index is 650. The van der Waals surface area contributed by atoms with Crippen molar-refractivity contribution in [1.82, 2.24) is 10.6 Å². The van der Waals surface area contributed by atoms with Crippen LogP contribution < -0.4 is 16.0 Å². The van der Waals surface area contributed by atoms with Gasteiger partial charge in [0.25, 0.3) is 0 Å². The van der Waals surface area contributed by atoms with Crippen LogP contribution in [0.1, 0.15) is 6.92 Å². The lowest BCUT2D eigenvalue weighted by Gasteiger charge is -2.14. The highest BCUT2D eigenvalue weighted by molar-refractivity contribution is 6.03. The quantitative estimate of drug-likeness (QED) is 0.780. The molecule has 2 aromatic rings. The van der Waals surface area contributed by atoms with Crippen LogP contribution in [0.15, 0.2) is 42.5 Å². The molecule has 0 aliphatic heterocycles. The van der Waals surface area contributed by atoms with Crippen LogP contribution in [-0.4, -0.2) is 31.4 Å². The van der Waals surface area contributed by atoms with E-state index in [2.05, 4.69) is 16.0 Å². The highest BCUT2D eigenvalue weighted by Crippen LogP contribution is 2.22. The minimum absolute atomic E-state index is 0.112. The lowest BCUT2D eigenvalue weighted by molar-refractivity contribution is -0.120. The predicted octanol–water partition coefficient (Wildman–Crippen LogP) is 1.50. The van der Waals surface area contributed by atoms with Gasteiger partial charge in [0, 0.05) is 18.1 Å². The molecule has 0 aliphatic carbocycles. The van der Waals surface area contributed by atoms with Crippen molar-refractivity contribution in [3.05, 3.63) is 42.5 Å². The molecule has 0 aromatic heterocycles. The van der Waals surface area contributed by atoms with Gasteiger partial charge in [-0.1, -0.05) is 36.4 Å². The summed E-state index contributed by atoms with van der Waals surface area (Å²) in [4.78, 5) is 23.3. The first-order valence-electron chi connectivity index (χ1n) is 6.84. The summed E-state index contributed by atoms with van der Waals surface area (Å²) in [6.07, 6.45) is 0. The standard InChI is InChI=1S/C16H19N3O2/c1-11(18-10-15(20)17-2)16(21)19-14-9-5-7-12-6-3-4-8-13(12)14/h3-9,11,18H,10H2,1-2H3,(H,17,20)(H,19,21)/t11-/m1/s1. The van der Waals surface area contributed by atoms with E-state index in [-0.39, 0.29) is 18.4 Å². The maximum Gasteiger partial charge on any atom is 0.241 e. The van der Waals surface area contributed by atoms with Gasteiger partial charge in [-0.15, -0.1) is 0 Å². The number of anilines is 1. The number of rotatable bonds is 5. The number of amides is 2. The molecule has 3 N–H and O–H groups in total. The molecule has 0 radical (unpaired) electrons. The number of hydrogen-bond acceptors (Lipinski definition) is 3. The smallest absolute Gasteiger partial charge is 0.241 e. The number of benzene rings is 2. The Morgan fingerprint density at radius 1 is 1.10 bits per heavy atom. The molecule has 2 aromatic carbocycles. The summed E-state index contributed by atoms with van der Waals surface area (Å²) < 4.78 is 0. The molecule has 0 heterocycles. The first-order valence-corrected chi connectivity index (χ1v) is 6.84. The number of carbonyl (C=O) groups excluding carboxylic acids is 2. The monoisotopic (exact) mass is 285 g/mol. The summed E-state index contributed by atoms with van der Waals surface area (Å²) in [6.45, 7) is 1.84. The van der Waals surface area contributed by atoms with Crippen LogP contribution in [0.4, 0.5) is 5.69 Å². The fourth-order valence-electron chi connectivity index (χ4n) is 2.00. The van der Waals surface area contributed by atoms with E-state index in [1.165, 1.54) is 0 Å². The van der Waals surface area contributed by atoms with E-state index >= 15 is 0 Å². The number of likely N-dealkylation sites (N-methyl/N-ethyl adjacent to an activating group) is 1. The van der Waals surface area contributed by atoms with Gasteiger partial charge in [-0.05, 0) is 18.4 Å². The molecule has 5 heteroatoms. The summed E-state index contributed by atoms with van der Waals surface area (Å²) in [7, 11) is 1.56. The van der Waals surface area contributed by atoms with Crippen molar-refractivity contribution in [2.45, 2.75) is 13.0 Å². The minimum atomic E-state index is -0.457. The Hall–Kier alpha value is -2.40. The van der Waals surface area contributed by atoms with Crippen molar-refractivity contribution in [2.24, 2.45) is 0 Å². The molecule has 2 amide bonds. The zero-order valence-electron chi connectivity index (χ0n) is 12.1. The molecule has 0 bridgehead atoms. The van der Waals surface area contributed by atoms with Gasteiger partial charge >= 0.3 is 0 Å². The van der Waals surface area contributed by atoms with Gasteiger partial charge in [0.05, 0.1) is 12.6 Å². The maximum atomic E-state index is 12.2. The summed E-state index contributed by atoms with van der Waals surface area (Å²) in [5.74, 6) is -0.324. The third kappa shape index (κ3) is 3.79. The Kier molecular flexibility index (Phi) is 4.90. The third-order valence-electron chi connectivity index (χ3n) is 3.29. The van der Waals surface area contributed by atoms with E-state index in [1.54, 1.807) is 14.0 Å². The topological polar surface area (TPSA) is 70.2 Å². The predicted molar refractivity (Wildman–Crippen MR) is 84.1 cm³/mol. The highest BCUT2D eigenvalue weighted by Gasteiger charge is 2.14. The average Bonchev–Trinajstić information content (AvgIpc) is 2.52. The molecular formula is C16H19N3O2. The molecule has 0 spiro atoms. The molecular weight excluding hydrogens is 266 g/mol. The van der Waals surface area contributed by atoms with Gasteiger partial charge in [-0.3, -0.25) is 14.9 Å². The molecule has 21 heavy (non-hydrogen) atoms. The second-order valence-electron chi connectivity index (χ2n) is 4.79. The fraction of sp³-hybridized carbons (Fsp3) is 0.250. The molecule has 0 unspecified atom stereocenters. The molecule has 5 nitrogen and oxygen atoms in total. The van der Waals surface area contributed by atoms with Crippen LogP contribution in [0.3, 0.4) is 0 Å². The van der Waals surface area contributed by atoms with E-state index in [0.29, 0.717) is 0 Å². The second kappa shape index (κ2) is 6.85. The maximum absolute atomic E-state index is 12.2. The first-order chi connectivity index (χ1) is 10.1. The largest absolute Gasteiger partial charge is 0.358 e. The normalized spacial score (nSPS) is 11.9. The molecule has 0 saturated carbocycles. The molecule has 0 saturated heterocycles. The highest BCUT2D eigenvalue weighted by atomic mass is 16.2. The zero-order chi connectivity index (χ0) is 15.2. The van der Waals surface area contributed by atoms with Crippen molar-refractivity contribution in [2.75, 3.05) is 18.9 Å². The van der Waals surface area contributed by atoms with Crippen LogP contribution in [0.2, 0.25) is 0 Å². The van der Waals surface area contributed by atoms with Crippen LogP contribution >= 0.6 is 0 Å². The second-order valence-corrected chi connectivity index (χ2v) is 4.79. The van der Waals surface area contributed by atoms with Crippen molar-refractivity contribution < 1.29 is 9.59 Å². The third-order valence-corrected chi connectivity index (χ3v) is 3.29. The van der Waals surface area contributed by atoms with Crippen LogP contribution in [0.25, 0.3) is 10.8 Å². The average molecular weight is 285 g/mol. The van der Waals surface area contributed by atoms with E-state index in [0.717, 1.165) is 16.5 Å². The zero-order valence-corrected chi connectivity index (χ0v) is 12.1. The summed E-state index contributed by atoms with van der Waals surface area (Å²) in [5, 5.41) is 10.3. The van der Waals surface area contributed by atoms with Crippen molar-refractivity contribution in [3.8, 4) is 0 Å². The summed E-state index contributed by atoms with van der Waals surface area (Å²) in [6, 6.07) is 13.2. The fourth-order valence-corrected chi connectivity index (χ4v) is 2.00. The van der Waals surface area contributed by atoms with Gasteiger partial charge in [-0.25, -0.2) is 0 Å². The van der Waals surface area contributed by atoms with Gasteiger partial charge in [-0.2, -0.15) is 0 Å². The first kappa shape index (κ1) is 15.0. The lowest BCUT2D eigenvalue weighted by atomic mass is 10.1. The number of fused-ring (bicyclic) bond motifs is 1. The Morgan fingerprint density at radius 3 is 2.57 bits per heavy atom. The van der Waals surface area contributed by atoms with Crippen LogP contribution in [-0.2, 0) is 9.59 Å². The summed E-state index contributed by atoms with van der Waals surface area (Å²) >= 11 is 0. The van der Waals surface area contributed by atoms with Crippen molar-refractivity contribution in [1.29, 1.82) is 0 Å². The molecule has 0 fully saturated rings. The number of carbonyl (C=O) groups is 2. The van der Waals surface area contributed by atoms with E-state index in [4.69, 9.17) is 0 Å².